The summed E-state index contributed by atoms with van der Waals surface area (Å²) in [6.07, 6.45) is 3.02. The van der Waals surface area contributed by atoms with Gasteiger partial charge in [-0.25, -0.2) is 0 Å². The zero-order valence-electron chi connectivity index (χ0n) is 12.1. The van der Waals surface area contributed by atoms with Crippen molar-refractivity contribution >= 4 is 45.5 Å². The van der Waals surface area contributed by atoms with Crippen LogP contribution in [0.15, 0.2) is 48.5 Å². The van der Waals surface area contributed by atoms with Crippen molar-refractivity contribution in [2.75, 3.05) is 4.90 Å². The first-order chi connectivity index (χ1) is 11.0. The van der Waals surface area contributed by atoms with Crippen LogP contribution in [0.3, 0.4) is 0 Å². The van der Waals surface area contributed by atoms with Crippen LogP contribution in [0.25, 0.3) is 6.08 Å². The highest BCUT2D eigenvalue weighted by Crippen LogP contribution is 2.29. The van der Waals surface area contributed by atoms with Crippen molar-refractivity contribution in [3.8, 4) is 0 Å². The predicted octanol–water partition coefficient (Wildman–Crippen LogP) is 4.36. The van der Waals surface area contributed by atoms with Crippen molar-refractivity contribution in [2.24, 2.45) is 0 Å². The van der Waals surface area contributed by atoms with E-state index in [1.807, 2.05) is 36.4 Å². The molecule has 0 spiro atoms. The summed E-state index contributed by atoms with van der Waals surface area (Å²) in [5.74, 6) is 0. The van der Waals surface area contributed by atoms with Gasteiger partial charge in [-0.3, -0.25) is 9.59 Å². The van der Waals surface area contributed by atoms with Crippen LogP contribution in [0.1, 0.15) is 27.0 Å². The molecular formula is C18H13Cl2NO2. The van der Waals surface area contributed by atoms with E-state index >= 15 is 0 Å². The Balaban J connectivity index is 1.83. The molecule has 0 bridgehead atoms. The van der Waals surface area contributed by atoms with Crippen molar-refractivity contribution in [3.63, 3.8) is 0 Å². The quantitative estimate of drug-likeness (QED) is 0.610. The standard InChI is InChI=1S/C18H13Cl2NO2/c19-17(22)7-4-12-2-1-3-16(8-12)21-10-14-6-5-13(18(20)23)9-15(14)11-21/h1-9H,10-11H2/b7-4+. The Morgan fingerprint density at radius 1 is 1.00 bits per heavy atom. The predicted molar refractivity (Wildman–Crippen MR) is 92.8 cm³/mol. The van der Waals surface area contributed by atoms with Crippen molar-refractivity contribution in [2.45, 2.75) is 13.1 Å². The van der Waals surface area contributed by atoms with Gasteiger partial charge < -0.3 is 4.90 Å². The Labute approximate surface area is 144 Å². The third kappa shape index (κ3) is 3.63. The molecule has 3 rings (SSSR count). The summed E-state index contributed by atoms with van der Waals surface area (Å²) < 4.78 is 0. The average molecular weight is 346 g/mol. The fraction of sp³-hybridized carbons (Fsp3) is 0.111. The highest BCUT2D eigenvalue weighted by molar-refractivity contribution is 6.67. The zero-order chi connectivity index (χ0) is 16.4. The number of carbonyl (C=O) groups excluding carboxylic acids is 2. The van der Waals surface area contributed by atoms with E-state index in [4.69, 9.17) is 23.2 Å². The molecule has 2 aromatic carbocycles. The van der Waals surface area contributed by atoms with Gasteiger partial charge in [0.1, 0.15) is 0 Å². The summed E-state index contributed by atoms with van der Waals surface area (Å²) in [5, 5.41) is -0.939. The number of allylic oxidation sites excluding steroid dienone is 1. The molecule has 0 radical (unpaired) electrons. The van der Waals surface area contributed by atoms with Crippen LogP contribution in [0.5, 0.6) is 0 Å². The van der Waals surface area contributed by atoms with Gasteiger partial charge in [-0.2, -0.15) is 0 Å². The molecule has 0 saturated carbocycles. The monoisotopic (exact) mass is 345 g/mol. The molecule has 0 aliphatic carbocycles. The number of benzene rings is 2. The lowest BCUT2D eigenvalue weighted by molar-refractivity contribution is -0.107. The molecule has 1 aliphatic heterocycles. The number of hydrogen-bond acceptors (Lipinski definition) is 3. The number of halogens is 2. The van der Waals surface area contributed by atoms with Gasteiger partial charge in [0, 0.05) is 24.3 Å². The normalized spacial score (nSPS) is 13.4. The number of rotatable bonds is 4. The summed E-state index contributed by atoms with van der Waals surface area (Å²) >= 11 is 10.9. The van der Waals surface area contributed by atoms with Gasteiger partial charge in [0.2, 0.25) is 5.24 Å². The number of nitrogens with zero attached hydrogens (tertiary/aromatic N) is 1. The molecule has 1 aliphatic rings. The van der Waals surface area contributed by atoms with Gasteiger partial charge in [0.25, 0.3) is 5.24 Å². The molecule has 0 amide bonds. The second-order valence-corrected chi connectivity index (χ2v) is 6.06. The third-order valence-corrected chi connectivity index (χ3v) is 4.14. The smallest absolute Gasteiger partial charge is 0.252 e. The van der Waals surface area contributed by atoms with Gasteiger partial charge in [-0.1, -0.05) is 24.3 Å². The second-order valence-electron chi connectivity index (χ2n) is 5.35. The molecule has 0 atom stereocenters. The SMILES string of the molecule is O=C(Cl)/C=C/c1cccc(N2Cc3ccc(C(=O)Cl)cc3C2)c1. The Bertz CT molecular complexity index is 814. The molecule has 5 heteroatoms. The van der Waals surface area contributed by atoms with Crippen LogP contribution in [-0.2, 0) is 17.9 Å². The van der Waals surface area contributed by atoms with E-state index < -0.39 is 10.5 Å². The fourth-order valence-electron chi connectivity index (χ4n) is 2.69. The van der Waals surface area contributed by atoms with Crippen molar-refractivity contribution in [1.29, 1.82) is 0 Å². The van der Waals surface area contributed by atoms with Crippen LogP contribution < -0.4 is 4.90 Å². The number of hydrogen-bond donors (Lipinski definition) is 0. The van der Waals surface area contributed by atoms with E-state index in [1.54, 1.807) is 12.1 Å². The summed E-state index contributed by atoms with van der Waals surface area (Å²) in [5.41, 5.74) is 4.76. The lowest BCUT2D eigenvalue weighted by Gasteiger charge is -2.18. The van der Waals surface area contributed by atoms with E-state index in [0.717, 1.165) is 29.9 Å². The van der Waals surface area contributed by atoms with Gasteiger partial charge >= 0.3 is 0 Å². The molecular weight excluding hydrogens is 333 g/mol. The summed E-state index contributed by atoms with van der Waals surface area (Å²) in [4.78, 5) is 24.3. The minimum Gasteiger partial charge on any atom is -0.363 e. The summed E-state index contributed by atoms with van der Waals surface area (Å²) in [7, 11) is 0. The molecule has 2 aromatic rings. The van der Waals surface area contributed by atoms with E-state index in [2.05, 4.69) is 4.90 Å². The Kier molecular flexibility index (Phi) is 4.51. The minimum atomic E-state index is -0.498. The number of carbonyl (C=O) groups is 2. The van der Waals surface area contributed by atoms with Crippen molar-refractivity contribution in [1.82, 2.24) is 0 Å². The van der Waals surface area contributed by atoms with E-state index in [0.29, 0.717) is 5.56 Å². The maximum absolute atomic E-state index is 11.3. The topological polar surface area (TPSA) is 37.4 Å². The van der Waals surface area contributed by atoms with Crippen LogP contribution in [-0.4, -0.2) is 10.5 Å². The molecule has 1 heterocycles. The largest absolute Gasteiger partial charge is 0.363 e. The summed E-state index contributed by atoms with van der Waals surface area (Å²) in [6, 6.07) is 13.4. The maximum atomic E-state index is 11.3. The van der Waals surface area contributed by atoms with Crippen LogP contribution >= 0.6 is 23.2 Å². The van der Waals surface area contributed by atoms with E-state index in [9.17, 15) is 9.59 Å². The highest BCUT2D eigenvalue weighted by Gasteiger charge is 2.20. The first-order valence-corrected chi connectivity index (χ1v) is 7.83. The van der Waals surface area contributed by atoms with Crippen molar-refractivity contribution < 1.29 is 9.59 Å². The molecule has 0 aromatic heterocycles. The molecule has 0 N–H and O–H groups in total. The van der Waals surface area contributed by atoms with Crippen LogP contribution in [0.2, 0.25) is 0 Å². The van der Waals surface area contributed by atoms with Gasteiger partial charge in [-0.05, 0) is 70.2 Å². The lowest BCUT2D eigenvalue weighted by atomic mass is 10.1. The van der Waals surface area contributed by atoms with Crippen molar-refractivity contribution in [3.05, 3.63) is 70.8 Å². The Hall–Kier alpha value is -2.10. The minimum absolute atomic E-state index is 0.441. The number of anilines is 1. The lowest BCUT2D eigenvalue weighted by Crippen LogP contribution is -2.14. The van der Waals surface area contributed by atoms with Gasteiger partial charge in [-0.15, -0.1) is 0 Å². The van der Waals surface area contributed by atoms with Crippen LogP contribution in [0, 0.1) is 0 Å². The third-order valence-electron chi connectivity index (χ3n) is 3.80. The average Bonchev–Trinajstić information content (AvgIpc) is 2.96. The Morgan fingerprint density at radius 3 is 2.52 bits per heavy atom. The Morgan fingerprint density at radius 2 is 1.78 bits per heavy atom. The first-order valence-electron chi connectivity index (χ1n) is 7.07. The molecule has 0 saturated heterocycles. The second kappa shape index (κ2) is 6.57. The maximum Gasteiger partial charge on any atom is 0.252 e. The fourth-order valence-corrected chi connectivity index (χ4v) is 2.87. The molecule has 3 nitrogen and oxygen atoms in total. The first kappa shape index (κ1) is 15.8. The van der Waals surface area contributed by atoms with E-state index in [1.165, 1.54) is 11.6 Å². The van der Waals surface area contributed by atoms with E-state index in [-0.39, 0.29) is 0 Å². The highest BCUT2D eigenvalue weighted by atomic mass is 35.5. The van der Waals surface area contributed by atoms with Crippen LogP contribution in [0.4, 0.5) is 5.69 Å². The summed E-state index contributed by atoms with van der Waals surface area (Å²) in [6.45, 7) is 1.49. The number of fused-ring (bicyclic) bond motifs is 1. The molecule has 116 valence electrons. The zero-order valence-corrected chi connectivity index (χ0v) is 13.6. The van der Waals surface area contributed by atoms with Gasteiger partial charge in [0.05, 0.1) is 0 Å². The molecule has 0 fully saturated rings. The van der Waals surface area contributed by atoms with Gasteiger partial charge in [0.15, 0.2) is 0 Å². The molecule has 0 unspecified atom stereocenters. The molecule has 23 heavy (non-hydrogen) atoms.